The van der Waals surface area contributed by atoms with E-state index in [4.69, 9.17) is 16.3 Å². The molecule has 1 amide bonds. The Morgan fingerprint density at radius 3 is 2.68 bits per heavy atom. The Hall–Kier alpha value is -1.55. The molecule has 1 unspecified atom stereocenters. The third-order valence-corrected chi connectivity index (χ3v) is 2.51. The summed E-state index contributed by atoms with van der Waals surface area (Å²) in [6.45, 7) is 5.34. The predicted molar refractivity (Wildman–Crippen MR) is 74.2 cm³/mol. The van der Waals surface area contributed by atoms with E-state index in [0.29, 0.717) is 5.02 Å². The van der Waals surface area contributed by atoms with Gasteiger partial charge in [-0.1, -0.05) is 23.7 Å². The first-order valence-electron chi connectivity index (χ1n) is 6.00. The number of amides is 1. The summed E-state index contributed by atoms with van der Waals surface area (Å²) in [6, 6.07) is 6.58. The number of benzene rings is 1. The summed E-state index contributed by atoms with van der Waals surface area (Å²) in [4.78, 5) is 22.4. The van der Waals surface area contributed by atoms with Crippen molar-refractivity contribution in [2.75, 3.05) is 0 Å². The Morgan fingerprint density at radius 2 is 2.16 bits per heavy atom. The lowest BCUT2D eigenvalue weighted by Crippen LogP contribution is -2.35. The molecule has 0 saturated heterocycles. The van der Waals surface area contributed by atoms with E-state index in [1.165, 1.54) is 0 Å². The van der Waals surface area contributed by atoms with Crippen LogP contribution in [0.25, 0.3) is 0 Å². The van der Waals surface area contributed by atoms with E-state index in [0.717, 1.165) is 11.8 Å². The number of rotatable bonds is 4. The van der Waals surface area contributed by atoms with Gasteiger partial charge in [0.2, 0.25) is 0 Å². The van der Waals surface area contributed by atoms with Gasteiger partial charge in [-0.2, -0.15) is 0 Å². The summed E-state index contributed by atoms with van der Waals surface area (Å²) in [6.07, 6.45) is 0.363. The third-order valence-electron chi connectivity index (χ3n) is 2.27. The van der Waals surface area contributed by atoms with Crippen molar-refractivity contribution in [2.24, 2.45) is 0 Å². The largest absolute Gasteiger partial charge is 0.444 e. The SMILES string of the molecule is CC(C)(C)OC(=O)NC(CC=O)c1cccc(Cl)c1. The number of hydrogen-bond acceptors (Lipinski definition) is 3. The molecule has 0 aliphatic heterocycles. The molecule has 0 aliphatic rings. The molecule has 1 aromatic carbocycles. The molecule has 0 spiro atoms. The Balaban J connectivity index is 2.78. The van der Waals surface area contributed by atoms with Crippen molar-refractivity contribution in [3.63, 3.8) is 0 Å². The summed E-state index contributed by atoms with van der Waals surface area (Å²) < 4.78 is 5.17. The molecule has 0 aliphatic carbocycles. The van der Waals surface area contributed by atoms with Crippen molar-refractivity contribution in [3.8, 4) is 0 Å². The number of halogens is 1. The fourth-order valence-corrected chi connectivity index (χ4v) is 1.75. The molecule has 0 heterocycles. The van der Waals surface area contributed by atoms with Gasteiger partial charge in [-0.15, -0.1) is 0 Å². The van der Waals surface area contributed by atoms with Crippen LogP contribution < -0.4 is 5.32 Å². The van der Waals surface area contributed by atoms with Crippen LogP contribution in [0, 0.1) is 0 Å². The second kappa shape index (κ2) is 6.57. The summed E-state index contributed by atoms with van der Waals surface area (Å²) in [5, 5.41) is 3.22. The fraction of sp³-hybridized carbons (Fsp3) is 0.429. The average Bonchev–Trinajstić information content (AvgIpc) is 2.26. The molecule has 4 nitrogen and oxygen atoms in total. The molecular weight excluding hydrogens is 266 g/mol. The van der Waals surface area contributed by atoms with Gasteiger partial charge in [0.15, 0.2) is 0 Å². The second-order valence-corrected chi connectivity index (χ2v) is 5.59. The molecule has 0 aromatic heterocycles. The molecule has 0 fully saturated rings. The van der Waals surface area contributed by atoms with Crippen LogP contribution in [0.2, 0.25) is 5.02 Å². The highest BCUT2D eigenvalue weighted by molar-refractivity contribution is 6.30. The topological polar surface area (TPSA) is 55.4 Å². The lowest BCUT2D eigenvalue weighted by molar-refractivity contribution is -0.108. The maximum Gasteiger partial charge on any atom is 0.408 e. The molecular formula is C14H18ClNO3. The van der Waals surface area contributed by atoms with Crippen LogP contribution in [0.5, 0.6) is 0 Å². The van der Waals surface area contributed by atoms with Crippen LogP contribution >= 0.6 is 11.6 Å². The van der Waals surface area contributed by atoms with Gasteiger partial charge in [0.05, 0.1) is 6.04 Å². The molecule has 0 bridgehead atoms. The highest BCUT2D eigenvalue weighted by Crippen LogP contribution is 2.20. The minimum Gasteiger partial charge on any atom is -0.444 e. The van der Waals surface area contributed by atoms with Crippen LogP contribution in [0.4, 0.5) is 4.79 Å². The van der Waals surface area contributed by atoms with Gasteiger partial charge in [0.1, 0.15) is 11.9 Å². The van der Waals surface area contributed by atoms with Crippen LogP contribution in [0.15, 0.2) is 24.3 Å². The van der Waals surface area contributed by atoms with Crippen LogP contribution in [-0.4, -0.2) is 18.0 Å². The summed E-state index contributed by atoms with van der Waals surface area (Å²) in [5.41, 5.74) is 0.190. The van der Waals surface area contributed by atoms with Crippen molar-refractivity contribution in [2.45, 2.75) is 38.8 Å². The molecule has 5 heteroatoms. The Bertz CT molecular complexity index is 454. The van der Waals surface area contributed by atoms with Gasteiger partial charge < -0.3 is 14.8 Å². The molecule has 0 saturated carbocycles. The van der Waals surface area contributed by atoms with Crippen molar-refractivity contribution >= 4 is 24.0 Å². The molecule has 1 rings (SSSR count). The first kappa shape index (κ1) is 15.5. The smallest absolute Gasteiger partial charge is 0.408 e. The zero-order valence-electron chi connectivity index (χ0n) is 11.3. The van der Waals surface area contributed by atoms with Crippen molar-refractivity contribution in [3.05, 3.63) is 34.9 Å². The molecule has 1 aromatic rings. The standard InChI is InChI=1S/C14H18ClNO3/c1-14(2,3)19-13(18)16-12(7-8-17)10-5-4-6-11(15)9-10/h4-6,8-9,12H,7H2,1-3H3,(H,16,18). The van der Waals surface area contributed by atoms with Gasteiger partial charge in [-0.3, -0.25) is 0 Å². The van der Waals surface area contributed by atoms with Crippen molar-refractivity contribution < 1.29 is 14.3 Å². The molecule has 1 atom stereocenters. The Labute approximate surface area is 118 Å². The molecule has 19 heavy (non-hydrogen) atoms. The quantitative estimate of drug-likeness (QED) is 0.861. The minimum absolute atomic E-state index is 0.166. The summed E-state index contributed by atoms with van der Waals surface area (Å²) >= 11 is 5.90. The number of carbonyl (C=O) groups is 2. The third kappa shape index (κ3) is 5.75. The minimum atomic E-state index is -0.579. The molecule has 104 valence electrons. The van der Waals surface area contributed by atoms with Crippen LogP contribution in [0.3, 0.4) is 0 Å². The maximum absolute atomic E-state index is 11.7. The van der Waals surface area contributed by atoms with Gasteiger partial charge in [0, 0.05) is 11.4 Å². The van der Waals surface area contributed by atoms with Gasteiger partial charge in [0.25, 0.3) is 0 Å². The predicted octanol–water partition coefficient (Wildman–Crippen LogP) is 3.49. The van der Waals surface area contributed by atoms with Crippen LogP contribution in [0.1, 0.15) is 38.8 Å². The van der Waals surface area contributed by atoms with E-state index in [9.17, 15) is 9.59 Å². The van der Waals surface area contributed by atoms with Gasteiger partial charge in [-0.25, -0.2) is 4.79 Å². The molecule has 0 radical (unpaired) electrons. The van der Waals surface area contributed by atoms with Crippen LogP contribution in [-0.2, 0) is 9.53 Å². The number of aldehydes is 1. The highest BCUT2D eigenvalue weighted by atomic mass is 35.5. The Morgan fingerprint density at radius 1 is 1.47 bits per heavy atom. The fourth-order valence-electron chi connectivity index (χ4n) is 1.55. The Kier molecular flexibility index (Phi) is 5.36. The van der Waals surface area contributed by atoms with E-state index >= 15 is 0 Å². The van der Waals surface area contributed by atoms with E-state index in [2.05, 4.69) is 5.32 Å². The van der Waals surface area contributed by atoms with E-state index < -0.39 is 17.7 Å². The first-order chi connectivity index (χ1) is 8.81. The number of nitrogens with one attached hydrogen (secondary N) is 1. The zero-order chi connectivity index (χ0) is 14.5. The summed E-state index contributed by atoms with van der Waals surface area (Å²) in [7, 11) is 0. The number of ether oxygens (including phenoxy) is 1. The van der Waals surface area contributed by atoms with Gasteiger partial charge in [-0.05, 0) is 38.5 Å². The highest BCUT2D eigenvalue weighted by Gasteiger charge is 2.20. The lowest BCUT2D eigenvalue weighted by Gasteiger charge is -2.23. The normalized spacial score (nSPS) is 12.6. The van der Waals surface area contributed by atoms with Crippen molar-refractivity contribution in [1.29, 1.82) is 0 Å². The van der Waals surface area contributed by atoms with E-state index in [1.807, 2.05) is 0 Å². The maximum atomic E-state index is 11.7. The van der Waals surface area contributed by atoms with E-state index in [1.54, 1.807) is 45.0 Å². The number of carbonyl (C=O) groups excluding carboxylic acids is 2. The van der Waals surface area contributed by atoms with E-state index in [-0.39, 0.29) is 6.42 Å². The first-order valence-corrected chi connectivity index (χ1v) is 6.38. The number of alkyl carbamates (subject to hydrolysis) is 1. The van der Waals surface area contributed by atoms with Gasteiger partial charge >= 0.3 is 6.09 Å². The molecule has 1 N–H and O–H groups in total. The zero-order valence-corrected chi connectivity index (χ0v) is 12.0. The lowest BCUT2D eigenvalue weighted by atomic mass is 10.0. The van der Waals surface area contributed by atoms with Crippen molar-refractivity contribution in [1.82, 2.24) is 5.32 Å². The number of hydrogen-bond donors (Lipinski definition) is 1. The monoisotopic (exact) mass is 283 g/mol. The average molecular weight is 284 g/mol. The second-order valence-electron chi connectivity index (χ2n) is 5.16. The summed E-state index contributed by atoms with van der Waals surface area (Å²) in [5.74, 6) is 0.